The number of carbonyl (C=O) groups excluding carboxylic acids is 2. The molecule has 1 fully saturated rings. The second-order valence-electron chi connectivity index (χ2n) is 16.1. The molecule has 1 aliphatic heterocycles. The van der Waals surface area contributed by atoms with E-state index in [4.69, 9.17) is 18.9 Å². The predicted molar refractivity (Wildman–Crippen MR) is 256 cm³/mol. The van der Waals surface area contributed by atoms with Gasteiger partial charge in [-0.3, -0.25) is 9.59 Å². The van der Waals surface area contributed by atoms with Gasteiger partial charge in [-0.2, -0.15) is 0 Å². The molecule has 0 spiro atoms. The first kappa shape index (κ1) is 57.6. The van der Waals surface area contributed by atoms with Crippen LogP contribution in [-0.4, -0.2) is 89.0 Å². The molecule has 358 valence electrons. The van der Waals surface area contributed by atoms with Gasteiger partial charge < -0.3 is 39.4 Å². The Morgan fingerprint density at radius 1 is 0.492 bits per heavy atom. The Balaban J connectivity index is 2.30. The number of allylic oxidation sites excluding steroid dienone is 16. The maximum atomic E-state index is 12.8. The van der Waals surface area contributed by atoms with Crippen molar-refractivity contribution in [3.8, 4) is 0 Å². The van der Waals surface area contributed by atoms with Gasteiger partial charge in [0, 0.05) is 12.8 Å². The van der Waals surface area contributed by atoms with E-state index in [1.54, 1.807) is 0 Å². The van der Waals surface area contributed by atoms with Crippen LogP contribution in [0.15, 0.2) is 97.2 Å². The van der Waals surface area contributed by atoms with E-state index in [0.717, 1.165) is 89.9 Å². The molecule has 1 aliphatic rings. The van der Waals surface area contributed by atoms with Gasteiger partial charge >= 0.3 is 11.9 Å². The molecule has 0 aliphatic carbocycles. The van der Waals surface area contributed by atoms with Crippen LogP contribution in [0.2, 0.25) is 0 Å². The van der Waals surface area contributed by atoms with Crippen LogP contribution >= 0.6 is 0 Å². The second-order valence-corrected chi connectivity index (χ2v) is 16.1. The van der Waals surface area contributed by atoms with E-state index in [1.165, 1.54) is 38.5 Å². The Morgan fingerprint density at radius 3 is 1.37 bits per heavy atom. The van der Waals surface area contributed by atoms with Gasteiger partial charge in [0.25, 0.3) is 0 Å². The van der Waals surface area contributed by atoms with Crippen LogP contribution < -0.4 is 0 Å². The molecule has 1 heterocycles. The average molecular weight is 883 g/mol. The van der Waals surface area contributed by atoms with E-state index in [9.17, 15) is 30.0 Å². The minimum atomic E-state index is -1.61. The Hall–Kier alpha value is -3.38. The monoisotopic (exact) mass is 883 g/mol. The van der Waals surface area contributed by atoms with Gasteiger partial charge in [-0.15, -0.1) is 0 Å². The largest absolute Gasteiger partial charge is 0.462 e. The third-order valence-electron chi connectivity index (χ3n) is 10.5. The number of rotatable bonds is 39. The summed E-state index contributed by atoms with van der Waals surface area (Å²) in [5.74, 6) is -0.868. The fourth-order valence-corrected chi connectivity index (χ4v) is 6.70. The third-order valence-corrected chi connectivity index (χ3v) is 10.5. The highest BCUT2D eigenvalue weighted by Gasteiger charge is 2.44. The molecule has 0 aromatic carbocycles. The summed E-state index contributed by atoms with van der Waals surface area (Å²) in [5.41, 5.74) is 0. The Kier molecular flexibility index (Phi) is 38.9. The number of hydrogen-bond donors (Lipinski definition) is 4. The molecule has 6 atom stereocenters. The molecule has 63 heavy (non-hydrogen) atoms. The number of hydrogen-bond acceptors (Lipinski definition) is 10. The van der Waals surface area contributed by atoms with Gasteiger partial charge in [-0.05, 0) is 89.9 Å². The van der Waals surface area contributed by atoms with Crippen LogP contribution in [0.4, 0.5) is 0 Å². The molecule has 0 amide bonds. The number of carbonyl (C=O) groups is 2. The average Bonchev–Trinajstić information content (AvgIpc) is 3.28. The van der Waals surface area contributed by atoms with Crippen molar-refractivity contribution in [2.24, 2.45) is 0 Å². The minimum absolute atomic E-state index is 0.209. The lowest BCUT2D eigenvalue weighted by Crippen LogP contribution is -2.59. The zero-order chi connectivity index (χ0) is 45.9. The summed E-state index contributed by atoms with van der Waals surface area (Å²) in [6.07, 6.45) is 49.9. The normalized spacial score (nSPS) is 20.4. The topological polar surface area (TPSA) is 152 Å². The van der Waals surface area contributed by atoms with Crippen LogP contribution in [0.3, 0.4) is 0 Å². The summed E-state index contributed by atoms with van der Waals surface area (Å²) in [6.45, 7) is 3.14. The smallest absolute Gasteiger partial charge is 0.306 e. The molecule has 1 saturated heterocycles. The molecule has 1 rings (SSSR count). The van der Waals surface area contributed by atoms with Crippen LogP contribution in [-0.2, 0) is 28.5 Å². The molecule has 0 aromatic heterocycles. The van der Waals surface area contributed by atoms with Crippen molar-refractivity contribution < 1.29 is 49.0 Å². The third kappa shape index (κ3) is 33.8. The summed E-state index contributed by atoms with van der Waals surface area (Å²) < 4.78 is 22.2. The minimum Gasteiger partial charge on any atom is -0.462 e. The van der Waals surface area contributed by atoms with Crippen LogP contribution in [0.25, 0.3) is 0 Å². The Morgan fingerprint density at radius 2 is 0.889 bits per heavy atom. The first-order valence-electron chi connectivity index (χ1n) is 24.3. The fraction of sp³-hybridized carbons (Fsp3) is 0.660. The van der Waals surface area contributed by atoms with E-state index in [2.05, 4.69) is 111 Å². The van der Waals surface area contributed by atoms with Crippen molar-refractivity contribution in [1.82, 2.24) is 0 Å². The standard InChI is InChI=1S/C53H86O10/c1-3-5-7-9-11-13-15-17-19-20-21-22-23-24-25-26-28-30-32-34-36-38-40-42-49(56)62-46(45-61-53-52(59)51(58)50(57)47(43-54)63-53)44-60-48(55)41-39-37-35-33-31-29-27-18-16-14-12-10-8-6-4-2/h5-8,11-14,17-19,21-22,27,31,33,46-47,50-54,57-59H,3-4,9-10,15-16,20,23-26,28-30,32,34-45H2,1-2H3/b7-5-,8-6-,13-11-,14-12-,19-17-,22-21-,27-18-,33-31-. The maximum absolute atomic E-state index is 12.8. The van der Waals surface area contributed by atoms with Crippen molar-refractivity contribution in [1.29, 1.82) is 0 Å². The molecule has 0 bridgehead atoms. The number of ether oxygens (including phenoxy) is 4. The summed E-state index contributed by atoms with van der Waals surface area (Å²) in [4.78, 5) is 25.4. The summed E-state index contributed by atoms with van der Waals surface area (Å²) in [6, 6.07) is 0. The van der Waals surface area contributed by atoms with Crippen LogP contribution in [0.1, 0.15) is 168 Å². The summed E-state index contributed by atoms with van der Waals surface area (Å²) >= 11 is 0. The number of esters is 2. The van der Waals surface area contributed by atoms with Gasteiger partial charge in [0.15, 0.2) is 12.4 Å². The van der Waals surface area contributed by atoms with E-state index in [1.807, 2.05) is 0 Å². The van der Waals surface area contributed by atoms with Gasteiger partial charge in [0.1, 0.15) is 31.0 Å². The fourth-order valence-electron chi connectivity index (χ4n) is 6.70. The van der Waals surface area contributed by atoms with E-state index in [-0.39, 0.29) is 26.1 Å². The highest BCUT2D eigenvalue weighted by molar-refractivity contribution is 5.70. The molecule has 0 aromatic rings. The van der Waals surface area contributed by atoms with Crippen molar-refractivity contribution in [3.63, 3.8) is 0 Å². The Labute approximate surface area is 381 Å². The van der Waals surface area contributed by atoms with Gasteiger partial charge in [0.05, 0.1) is 13.2 Å². The lowest BCUT2D eigenvalue weighted by Gasteiger charge is -2.39. The van der Waals surface area contributed by atoms with E-state index >= 15 is 0 Å². The highest BCUT2D eigenvalue weighted by atomic mass is 16.7. The highest BCUT2D eigenvalue weighted by Crippen LogP contribution is 2.22. The summed E-state index contributed by atoms with van der Waals surface area (Å²) in [5, 5.41) is 40.2. The molecule has 4 N–H and O–H groups in total. The molecule has 10 nitrogen and oxygen atoms in total. The number of aliphatic hydroxyl groups is 4. The molecular weight excluding hydrogens is 797 g/mol. The van der Waals surface area contributed by atoms with E-state index in [0.29, 0.717) is 12.8 Å². The quantitative estimate of drug-likeness (QED) is 0.0267. The summed E-state index contributed by atoms with van der Waals surface area (Å²) in [7, 11) is 0. The lowest BCUT2D eigenvalue weighted by atomic mass is 9.99. The van der Waals surface area contributed by atoms with Crippen molar-refractivity contribution in [2.75, 3.05) is 19.8 Å². The van der Waals surface area contributed by atoms with Gasteiger partial charge in [-0.1, -0.05) is 162 Å². The number of unbranched alkanes of at least 4 members (excludes halogenated alkanes) is 12. The van der Waals surface area contributed by atoms with Crippen LogP contribution in [0.5, 0.6) is 0 Å². The molecule has 0 saturated carbocycles. The van der Waals surface area contributed by atoms with Crippen molar-refractivity contribution >= 4 is 11.9 Å². The van der Waals surface area contributed by atoms with Gasteiger partial charge in [-0.25, -0.2) is 0 Å². The molecule has 10 heteroatoms. The zero-order valence-corrected chi connectivity index (χ0v) is 39.0. The van der Waals surface area contributed by atoms with Crippen LogP contribution in [0, 0.1) is 0 Å². The van der Waals surface area contributed by atoms with Crippen molar-refractivity contribution in [2.45, 2.75) is 205 Å². The predicted octanol–water partition coefficient (Wildman–Crippen LogP) is 11.1. The first-order chi connectivity index (χ1) is 30.8. The first-order valence-corrected chi connectivity index (χ1v) is 24.3. The second kappa shape index (κ2) is 42.6. The number of aliphatic hydroxyl groups excluding tert-OH is 4. The molecular formula is C53H86O10. The zero-order valence-electron chi connectivity index (χ0n) is 39.0. The molecule has 0 radical (unpaired) electrons. The Bertz CT molecular complexity index is 1340. The van der Waals surface area contributed by atoms with Gasteiger partial charge in [0.2, 0.25) is 0 Å². The molecule has 6 unspecified atom stereocenters. The SMILES string of the molecule is CC/C=C\C/C=C\C/C=C\C/C=C\CCCCCCCCCCCCC(=O)OC(COC(=O)CCCC/C=C\C/C=C\C/C=C\C/C=C\CC)COC1OC(CO)C(O)C(O)C1O. The van der Waals surface area contributed by atoms with E-state index < -0.39 is 55.4 Å². The lowest BCUT2D eigenvalue weighted by molar-refractivity contribution is -0.305. The van der Waals surface area contributed by atoms with Crippen molar-refractivity contribution in [3.05, 3.63) is 97.2 Å². The maximum Gasteiger partial charge on any atom is 0.306 e.